The molecule has 0 aliphatic heterocycles. The van der Waals surface area contributed by atoms with E-state index < -0.39 is 11.8 Å². The molecule has 0 heterocycles. The minimum Gasteiger partial charge on any atom is -0.378 e. The molecule has 2 aromatic carbocycles. The Morgan fingerprint density at radius 2 is 1.80 bits per heavy atom. The molecule has 0 spiro atoms. The number of benzene rings is 2. The van der Waals surface area contributed by atoms with Gasteiger partial charge < -0.3 is 15.5 Å². The summed E-state index contributed by atoms with van der Waals surface area (Å²) in [6, 6.07) is 12.9. The van der Waals surface area contributed by atoms with E-state index in [1.807, 2.05) is 37.2 Å². The zero-order valence-corrected chi connectivity index (χ0v) is 11.4. The Hall–Kier alpha value is -2.56. The Labute approximate surface area is 117 Å². The summed E-state index contributed by atoms with van der Waals surface area (Å²) in [7, 11) is 3.83. The van der Waals surface area contributed by atoms with E-state index in [0.717, 1.165) is 5.69 Å². The van der Waals surface area contributed by atoms with Crippen molar-refractivity contribution < 1.29 is 9.18 Å². The number of halogens is 1. The quantitative estimate of drug-likeness (QED) is 0.898. The van der Waals surface area contributed by atoms with Crippen molar-refractivity contribution in [3.05, 3.63) is 54.3 Å². The maximum absolute atomic E-state index is 13.4. The van der Waals surface area contributed by atoms with Crippen molar-refractivity contribution in [1.82, 2.24) is 0 Å². The lowest BCUT2D eigenvalue weighted by Crippen LogP contribution is -2.20. The van der Waals surface area contributed by atoms with Crippen LogP contribution in [0.15, 0.2) is 48.5 Å². The molecule has 0 aliphatic rings. The van der Waals surface area contributed by atoms with Gasteiger partial charge in [0, 0.05) is 25.5 Å². The van der Waals surface area contributed by atoms with Crippen LogP contribution in [-0.4, -0.2) is 20.1 Å². The van der Waals surface area contributed by atoms with Crippen molar-refractivity contribution in [1.29, 1.82) is 0 Å². The first kappa shape index (κ1) is 13.9. The van der Waals surface area contributed by atoms with E-state index >= 15 is 0 Å². The van der Waals surface area contributed by atoms with Crippen molar-refractivity contribution in [3.8, 4) is 0 Å². The Kier molecular flexibility index (Phi) is 4.20. The van der Waals surface area contributed by atoms with Crippen LogP contribution in [-0.2, 0) is 0 Å². The Bertz CT molecular complexity index is 614. The molecule has 0 fully saturated rings. The monoisotopic (exact) mass is 273 g/mol. The van der Waals surface area contributed by atoms with Gasteiger partial charge in [-0.25, -0.2) is 9.18 Å². The summed E-state index contributed by atoms with van der Waals surface area (Å²) >= 11 is 0. The minimum atomic E-state index is -0.481. The van der Waals surface area contributed by atoms with E-state index in [9.17, 15) is 9.18 Å². The molecule has 0 bridgehead atoms. The van der Waals surface area contributed by atoms with Crippen LogP contribution in [0.3, 0.4) is 0 Å². The first-order valence-electron chi connectivity index (χ1n) is 6.16. The number of carbonyl (C=O) groups excluding carboxylic acids is 1. The van der Waals surface area contributed by atoms with E-state index in [-0.39, 0.29) is 5.69 Å². The number of carbonyl (C=O) groups is 1. The molecule has 2 amide bonds. The van der Waals surface area contributed by atoms with Crippen LogP contribution >= 0.6 is 0 Å². The molecule has 0 saturated carbocycles. The lowest BCUT2D eigenvalue weighted by molar-refractivity contribution is 0.262. The number of rotatable bonds is 3. The first-order chi connectivity index (χ1) is 9.56. The van der Waals surface area contributed by atoms with Crippen LogP contribution in [0, 0.1) is 5.82 Å². The maximum atomic E-state index is 13.4. The van der Waals surface area contributed by atoms with Crippen LogP contribution in [0.5, 0.6) is 0 Å². The van der Waals surface area contributed by atoms with E-state index in [0.29, 0.717) is 5.69 Å². The van der Waals surface area contributed by atoms with Crippen LogP contribution in [0.2, 0.25) is 0 Å². The van der Waals surface area contributed by atoms with Gasteiger partial charge in [0.05, 0.1) is 5.69 Å². The zero-order chi connectivity index (χ0) is 14.5. The molecular formula is C15H16FN3O. The molecule has 104 valence electrons. The molecule has 0 saturated heterocycles. The van der Waals surface area contributed by atoms with Gasteiger partial charge in [-0.3, -0.25) is 0 Å². The average Bonchev–Trinajstić information content (AvgIpc) is 2.41. The molecule has 2 N–H and O–H groups in total. The molecule has 2 rings (SSSR count). The Balaban J connectivity index is 2.05. The highest BCUT2D eigenvalue weighted by Gasteiger charge is 2.06. The zero-order valence-electron chi connectivity index (χ0n) is 11.4. The predicted octanol–water partition coefficient (Wildman–Crippen LogP) is 3.54. The van der Waals surface area contributed by atoms with E-state index in [1.165, 1.54) is 12.1 Å². The van der Waals surface area contributed by atoms with E-state index in [1.54, 1.807) is 18.2 Å². The van der Waals surface area contributed by atoms with Gasteiger partial charge in [0.1, 0.15) is 5.82 Å². The third-order valence-electron chi connectivity index (χ3n) is 2.74. The molecule has 0 radical (unpaired) electrons. The van der Waals surface area contributed by atoms with Crippen molar-refractivity contribution in [2.75, 3.05) is 29.6 Å². The van der Waals surface area contributed by atoms with Crippen molar-refractivity contribution in [2.45, 2.75) is 0 Å². The molecule has 0 aromatic heterocycles. The summed E-state index contributed by atoms with van der Waals surface area (Å²) < 4.78 is 13.4. The van der Waals surface area contributed by atoms with Gasteiger partial charge in [-0.1, -0.05) is 18.2 Å². The number of anilines is 3. The summed E-state index contributed by atoms with van der Waals surface area (Å²) in [6.45, 7) is 0. The average molecular weight is 273 g/mol. The molecular weight excluding hydrogens is 257 g/mol. The van der Waals surface area contributed by atoms with Crippen molar-refractivity contribution in [3.63, 3.8) is 0 Å². The minimum absolute atomic E-state index is 0.147. The molecule has 2 aromatic rings. The summed E-state index contributed by atoms with van der Waals surface area (Å²) in [4.78, 5) is 13.7. The van der Waals surface area contributed by atoms with Crippen LogP contribution in [0.1, 0.15) is 0 Å². The summed E-state index contributed by atoms with van der Waals surface area (Å²) in [5.41, 5.74) is 1.76. The second-order valence-corrected chi connectivity index (χ2v) is 4.50. The van der Waals surface area contributed by atoms with Crippen LogP contribution < -0.4 is 15.5 Å². The molecule has 0 atom stereocenters. The number of nitrogens with one attached hydrogen (secondary N) is 2. The topological polar surface area (TPSA) is 44.4 Å². The molecule has 0 unspecified atom stereocenters. The maximum Gasteiger partial charge on any atom is 0.323 e. The number of urea groups is 1. The highest BCUT2D eigenvalue weighted by molar-refractivity contribution is 6.00. The van der Waals surface area contributed by atoms with E-state index in [2.05, 4.69) is 10.6 Å². The number of amides is 2. The van der Waals surface area contributed by atoms with Gasteiger partial charge in [-0.05, 0) is 30.3 Å². The predicted molar refractivity (Wildman–Crippen MR) is 79.8 cm³/mol. The fourth-order valence-electron chi connectivity index (χ4n) is 1.71. The number of nitrogens with zero attached hydrogens (tertiary/aromatic N) is 1. The summed E-state index contributed by atoms with van der Waals surface area (Å²) in [5, 5.41) is 5.14. The Morgan fingerprint density at radius 3 is 2.50 bits per heavy atom. The lowest BCUT2D eigenvalue weighted by atomic mass is 10.2. The van der Waals surface area contributed by atoms with Gasteiger partial charge in [-0.15, -0.1) is 0 Å². The van der Waals surface area contributed by atoms with Gasteiger partial charge in [0.15, 0.2) is 0 Å². The smallest absolute Gasteiger partial charge is 0.323 e. The van der Waals surface area contributed by atoms with Gasteiger partial charge >= 0.3 is 6.03 Å². The molecule has 0 aliphatic carbocycles. The molecule has 5 heteroatoms. The van der Waals surface area contributed by atoms with Crippen molar-refractivity contribution in [2.24, 2.45) is 0 Å². The van der Waals surface area contributed by atoms with Crippen LogP contribution in [0.4, 0.5) is 26.2 Å². The first-order valence-corrected chi connectivity index (χ1v) is 6.16. The largest absolute Gasteiger partial charge is 0.378 e. The van der Waals surface area contributed by atoms with Gasteiger partial charge in [0.2, 0.25) is 0 Å². The fraction of sp³-hybridized carbons (Fsp3) is 0.133. The highest BCUT2D eigenvalue weighted by atomic mass is 19.1. The van der Waals surface area contributed by atoms with Gasteiger partial charge in [0.25, 0.3) is 0 Å². The number of hydrogen-bond donors (Lipinski definition) is 2. The van der Waals surface area contributed by atoms with Crippen LogP contribution in [0.25, 0.3) is 0 Å². The second kappa shape index (κ2) is 6.06. The molecule has 20 heavy (non-hydrogen) atoms. The summed E-state index contributed by atoms with van der Waals surface area (Å²) in [6.07, 6.45) is 0. The SMILES string of the molecule is CN(C)c1cccc(NC(=O)Nc2ccccc2F)c1. The standard InChI is InChI=1S/C15H16FN3O/c1-19(2)12-7-5-6-11(10-12)17-15(20)18-14-9-4-3-8-13(14)16/h3-10H,1-2H3,(H2,17,18,20). The third kappa shape index (κ3) is 3.47. The number of hydrogen-bond acceptors (Lipinski definition) is 2. The summed E-state index contributed by atoms with van der Waals surface area (Å²) in [5.74, 6) is -0.468. The van der Waals surface area contributed by atoms with Gasteiger partial charge in [-0.2, -0.15) is 0 Å². The highest BCUT2D eigenvalue weighted by Crippen LogP contribution is 2.18. The van der Waals surface area contributed by atoms with Crippen molar-refractivity contribution >= 4 is 23.1 Å². The number of para-hydroxylation sites is 1. The Morgan fingerprint density at radius 1 is 1.05 bits per heavy atom. The second-order valence-electron chi connectivity index (χ2n) is 4.50. The lowest BCUT2D eigenvalue weighted by Gasteiger charge is -2.14. The van der Waals surface area contributed by atoms with E-state index in [4.69, 9.17) is 0 Å². The third-order valence-corrected chi connectivity index (χ3v) is 2.74. The fourth-order valence-corrected chi connectivity index (χ4v) is 1.71. The normalized spacial score (nSPS) is 9.95. The molecule has 4 nitrogen and oxygen atoms in total.